The quantitative estimate of drug-likeness (QED) is 0.444. The number of methoxy groups -OCH3 is 1. The van der Waals surface area contributed by atoms with Crippen molar-refractivity contribution in [3.63, 3.8) is 0 Å². The highest BCUT2D eigenvalue weighted by Crippen LogP contribution is 2.30. The molecule has 4 rings (SSSR count). The van der Waals surface area contributed by atoms with E-state index in [0.29, 0.717) is 68.0 Å². The summed E-state index contributed by atoms with van der Waals surface area (Å²) in [6.07, 6.45) is 1.83. The molecule has 2 heterocycles. The molecule has 1 unspecified atom stereocenters. The van der Waals surface area contributed by atoms with Gasteiger partial charge in [0, 0.05) is 19.6 Å². The van der Waals surface area contributed by atoms with Crippen LogP contribution in [0.3, 0.4) is 0 Å². The van der Waals surface area contributed by atoms with Crippen molar-refractivity contribution in [2.45, 2.75) is 32.1 Å². The third-order valence-corrected chi connectivity index (χ3v) is 6.53. The molecule has 1 N–H and O–H groups in total. The van der Waals surface area contributed by atoms with Crippen molar-refractivity contribution >= 4 is 28.7 Å². The second-order valence-electron chi connectivity index (χ2n) is 8.89. The first kappa shape index (κ1) is 25.9. The van der Waals surface area contributed by atoms with Crippen LogP contribution in [0, 0.1) is 17.2 Å². The Bertz CT molecular complexity index is 1280. The normalized spacial score (nSPS) is 14.6. The maximum atomic E-state index is 13.1. The highest BCUT2D eigenvalue weighted by atomic mass is 16.5. The number of anilines is 1. The number of nitrogens with one attached hydrogen (secondary N) is 1. The second kappa shape index (κ2) is 12.2. The predicted octanol–water partition coefficient (Wildman–Crippen LogP) is 3.38. The maximum Gasteiger partial charge on any atom is 0.309 e. The Labute approximate surface area is 216 Å². The molecule has 0 spiro atoms. The van der Waals surface area contributed by atoms with E-state index in [1.165, 1.54) is 0 Å². The average molecular weight is 502 g/mol. The number of fused-ring (bicyclic) bond motifs is 1. The van der Waals surface area contributed by atoms with Crippen LogP contribution in [0.1, 0.15) is 36.9 Å². The summed E-state index contributed by atoms with van der Waals surface area (Å²) in [4.78, 5) is 36.9. The number of benzene rings is 2. The lowest BCUT2D eigenvalue weighted by molar-refractivity contribution is -0.148. The van der Waals surface area contributed by atoms with Crippen LogP contribution in [0.4, 0.5) is 5.82 Å². The molecule has 3 aromatic rings. The molecule has 1 fully saturated rings. The van der Waals surface area contributed by atoms with Gasteiger partial charge in [0.2, 0.25) is 5.91 Å². The zero-order chi connectivity index (χ0) is 26.2. The van der Waals surface area contributed by atoms with E-state index in [-0.39, 0.29) is 11.9 Å². The Hall–Kier alpha value is -4.19. The van der Waals surface area contributed by atoms with E-state index < -0.39 is 11.8 Å². The Morgan fingerprint density at radius 3 is 2.41 bits per heavy atom. The van der Waals surface area contributed by atoms with Gasteiger partial charge in [-0.1, -0.05) is 24.3 Å². The van der Waals surface area contributed by atoms with Crippen molar-refractivity contribution in [3.8, 4) is 11.8 Å². The van der Waals surface area contributed by atoms with Crippen molar-refractivity contribution < 1.29 is 19.1 Å². The molecule has 1 aromatic heterocycles. The van der Waals surface area contributed by atoms with Gasteiger partial charge in [-0.15, -0.1) is 0 Å². The lowest BCUT2D eigenvalue weighted by Crippen LogP contribution is -2.39. The molecule has 2 aromatic carbocycles. The monoisotopic (exact) mass is 501 g/mol. The number of amides is 1. The minimum absolute atomic E-state index is 0.166. The lowest BCUT2D eigenvalue weighted by atomic mass is 9.96. The zero-order valence-electron chi connectivity index (χ0n) is 21.1. The highest BCUT2D eigenvalue weighted by molar-refractivity contribution is 5.89. The number of rotatable bonds is 9. The number of nitrogens with zero attached hydrogens (tertiary/aromatic N) is 4. The summed E-state index contributed by atoms with van der Waals surface area (Å²) in [5.74, 6) is -0.600. The maximum absolute atomic E-state index is 13.1. The highest BCUT2D eigenvalue weighted by Gasteiger charge is 2.32. The Morgan fingerprint density at radius 2 is 1.78 bits per heavy atom. The van der Waals surface area contributed by atoms with Gasteiger partial charge in [0.05, 0.1) is 36.7 Å². The SMILES string of the molecule is CCOC(=O)C1CCN(c2nc3ccccc3nc2C(C#N)C(=O)NCCc2ccc(OC)cc2)CC1. The van der Waals surface area contributed by atoms with Gasteiger partial charge in [-0.05, 0) is 56.0 Å². The van der Waals surface area contributed by atoms with Crippen LogP contribution in [0.25, 0.3) is 11.0 Å². The van der Waals surface area contributed by atoms with E-state index in [0.717, 1.165) is 11.3 Å². The Kier molecular flexibility index (Phi) is 8.52. The topological polar surface area (TPSA) is 117 Å². The molecule has 1 aliphatic rings. The van der Waals surface area contributed by atoms with E-state index >= 15 is 0 Å². The van der Waals surface area contributed by atoms with Crippen LogP contribution in [0.2, 0.25) is 0 Å². The van der Waals surface area contributed by atoms with Crippen LogP contribution in [-0.4, -0.2) is 55.2 Å². The number of carbonyl (C=O) groups excluding carboxylic acids is 2. The lowest BCUT2D eigenvalue weighted by Gasteiger charge is -2.33. The molecule has 0 saturated carbocycles. The molecule has 0 radical (unpaired) electrons. The fourth-order valence-corrected chi connectivity index (χ4v) is 4.49. The average Bonchev–Trinajstić information content (AvgIpc) is 2.93. The van der Waals surface area contributed by atoms with Gasteiger partial charge in [0.1, 0.15) is 11.4 Å². The number of aromatic nitrogens is 2. The van der Waals surface area contributed by atoms with E-state index in [2.05, 4.69) is 11.4 Å². The molecule has 1 aliphatic heterocycles. The first-order valence-electron chi connectivity index (χ1n) is 12.5. The summed E-state index contributed by atoms with van der Waals surface area (Å²) in [5, 5.41) is 12.9. The van der Waals surface area contributed by atoms with Crippen LogP contribution >= 0.6 is 0 Å². The van der Waals surface area contributed by atoms with E-state index in [9.17, 15) is 14.9 Å². The fourth-order valence-electron chi connectivity index (χ4n) is 4.49. The number of hydrogen-bond acceptors (Lipinski definition) is 8. The fraction of sp³-hybridized carbons (Fsp3) is 0.393. The van der Waals surface area contributed by atoms with Crippen LogP contribution in [-0.2, 0) is 20.7 Å². The summed E-state index contributed by atoms with van der Waals surface area (Å²) >= 11 is 0. The summed E-state index contributed by atoms with van der Waals surface area (Å²) in [6, 6.07) is 17.2. The summed E-state index contributed by atoms with van der Waals surface area (Å²) in [7, 11) is 1.61. The molecule has 9 heteroatoms. The minimum Gasteiger partial charge on any atom is -0.497 e. The first-order chi connectivity index (χ1) is 18.0. The third-order valence-electron chi connectivity index (χ3n) is 6.53. The van der Waals surface area contributed by atoms with Gasteiger partial charge in [-0.25, -0.2) is 9.97 Å². The third kappa shape index (κ3) is 6.15. The molecule has 0 bridgehead atoms. The second-order valence-corrected chi connectivity index (χ2v) is 8.89. The molecule has 1 saturated heterocycles. The summed E-state index contributed by atoms with van der Waals surface area (Å²) < 4.78 is 10.4. The van der Waals surface area contributed by atoms with Crippen molar-refractivity contribution in [2.75, 3.05) is 38.3 Å². The van der Waals surface area contributed by atoms with Gasteiger partial charge in [-0.2, -0.15) is 5.26 Å². The van der Waals surface area contributed by atoms with Gasteiger partial charge < -0.3 is 19.7 Å². The smallest absolute Gasteiger partial charge is 0.309 e. The van der Waals surface area contributed by atoms with E-state index in [4.69, 9.17) is 19.4 Å². The molecular formula is C28H31N5O4. The standard InChI is InChI=1S/C28H31N5O4/c1-3-37-28(35)20-13-16-33(17-14-20)26-25(31-23-6-4-5-7-24(23)32-26)22(18-29)27(34)30-15-12-19-8-10-21(36-2)11-9-19/h4-11,20,22H,3,12-17H2,1-2H3,(H,30,34). The van der Waals surface area contributed by atoms with Crippen molar-refractivity contribution in [1.29, 1.82) is 5.26 Å². The largest absolute Gasteiger partial charge is 0.497 e. The number of hydrogen-bond donors (Lipinski definition) is 1. The van der Waals surface area contributed by atoms with E-state index in [1.54, 1.807) is 14.0 Å². The first-order valence-corrected chi connectivity index (χ1v) is 12.5. The van der Waals surface area contributed by atoms with Crippen LogP contribution in [0.15, 0.2) is 48.5 Å². The van der Waals surface area contributed by atoms with Gasteiger partial charge in [-0.3, -0.25) is 9.59 Å². The summed E-state index contributed by atoms with van der Waals surface area (Å²) in [6.45, 7) is 3.65. The molecule has 37 heavy (non-hydrogen) atoms. The van der Waals surface area contributed by atoms with Crippen molar-refractivity contribution in [1.82, 2.24) is 15.3 Å². The van der Waals surface area contributed by atoms with E-state index in [1.807, 2.05) is 53.4 Å². The van der Waals surface area contributed by atoms with Crippen molar-refractivity contribution in [2.24, 2.45) is 5.92 Å². The van der Waals surface area contributed by atoms with Gasteiger partial charge in [0.15, 0.2) is 11.7 Å². The Balaban J connectivity index is 1.52. The number of para-hydroxylation sites is 2. The molecule has 1 amide bonds. The molecule has 192 valence electrons. The number of piperidine rings is 1. The van der Waals surface area contributed by atoms with Crippen LogP contribution < -0.4 is 15.0 Å². The minimum atomic E-state index is -1.12. The van der Waals surface area contributed by atoms with Gasteiger partial charge >= 0.3 is 5.97 Å². The van der Waals surface area contributed by atoms with Gasteiger partial charge in [0.25, 0.3) is 0 Å². The zero-order valence-corrected chi connectivity index (χ0v) is 21.1. The number of ether oxygens (including phenoxy) is 2. The number of nitriles is 1. The molecule has 9 nitrogen and oxygen atoms in total. The summed E-state index contributed by atoms with van der Waals surface area (Å²) in [5.41, 5.74) is 2.68. The number of esters is 1. The van der Waals surface area contributed by atoms with Crippen molar-refractivity contribution in [3.05, 3.63) is 59.8 Å². The molecule has 0 aliphatic carbocycles. The number of carbonyl (C=O) groups is 2. The molecule has 1 atom stereocenters. The molecular weight excluding hydrogens is 470 g/mol. The van der Waals surface area contributed by atoms with Crippen LogP contribution in [0.5, 0.6) is 5.75 Å². The predicted molar refractivity (Wildman–Crippen MR) is 139 cm³/mol. The Morgan fingerprint density at radius 1 is 1.11 bits per heavy atom.